The molecule has 1 heterocycles. The van der Waals surface area contributed by atoms with Gasteiger partial charge in [-0.05, 0) is 20.8 Å². The van der Waals surface area contributed by atoms with E-state index in [4.69, 9.17) is 4.74 Å². The minimum atomic E-state index is -0.585. The molecular weight excluding hydrogens is 250 g/mol. The van der Waals surface area contributed by atoms with Crippen molar-refractivity contribution in [3.05, 3.63) is 26.5 Å². The van der Waals surface area contributed by atoms with Crippen LogP contribution in [0.4, 0.5) is 5.69 Å². The van der Waals surface area contributed by atoms with Gasteiger partial charge in [0.2, 0.25) is 0 Å². The molecule has 0 aliphatic carbocycles. The van der Waals surface area contributed by atoms with Gasteiger partial charge in [0.1, 0.15) is 11.4 Å². The van der Waals surface area contributed by atoms with Crippen LogP contribution in [-0.2, 0) is 23.6 Å². The summed E-state index contributed by atoms with van der Waals surface area (Å²) in [4.78, 5) is 39.1. The van der Waals surface area contributed by atoms with E-state index in [-0.39, 0.29) is 18.0 Å². The second kappa shape index (κ2) is 5.64. The SMILES string of the molecule is CCOC(=O)C(C)=Nc1c(C)n(C)c(=O)n(C)c1=O. The van der Waals surface area contributed by atoms with Crippen LogP contribution in [0.25, 0.3) is 0 Å². The fraction of sp³-hybridized carbons (Fsp3) is 0.500. The van der Waals surface area contributed by atoms with Crippen molar-refractivity contribution >= 4 is 17.4 Å². The number of ether oxygens (including phenoxy) is 1. The Morgan fingerprint density at radius 2 is 1.84 bits per heavy atom. The third kappa shape index (κ3) is 2.81. The lowest BCUT2D eigenvalue weighted by molar-refractivity contribution is -0.135. The van der Waals surface area contributed by atoms with Crippen LogP contribution in [-0.4, -0.2) is 27.4 Å². The predicted octanol–water partition coefficient (Wildman–Crippen LogP) is 0.0479. The summed E-state index contributed by atoms with van der Waals surface area (Å²) in [5.74, 6) is -0.585. The molecule has 0 spiro atoms. The number of aromatic nitrogens is 2. The van der Waals surface area contributed by atoms with Gasteiger partial charge in [-0.1, -0.05) is 0 Å². The maximum absolute atomic E-state index is 12.0. The molecule has 0 saturated carbocycles. The Labute approximate surface area is 110 Å². The molecule has 0 aliphatic rings. The third-order valence-corrected chi connectivity index (χ3v) is 2.78. The highest BCUT2D eigenvalue weighted by atomic mass is 16.5. The first kappa shape index (κ1) is 14.9. The second-order valence-corrected chi connectivity index (χ2v) is 4.06. The maximum Gasteiger partial charge on any atom is 0.352 e. The Balaban J connectivity index is 3.46. The van der Waals surface area contributed by atoms with Crippen LogP contribution >= 0.6 is 0 Å². The molecule has 0 unspecified atom stereocenters. The lowest BCUT2D eigenvalue weighted by Crippen LogP contribution is -2.38. The van der Waals surface area contributed by atoms with Crippen LogP contribution in [0.1, 0.15) is 19.5 Å². The van der Waals surface area contributed by atoms with Gasteiger partial charge in [-0.3, -0.25) is 13.9 Å². The first-order chi connectivity index (χ1) is 8.81. The fourth-order valence-electron chi connectivity index (χ4n) is 1.51. The minimum Gasteiger partial charge on any atom is -0.462 e. The molecule has 0 aliphatic heterocycles. The highest BCUT2D eigenvalue weighted by Crippen LogP contribution is 2.10. The summed E-state index contributed by atoms with van der Waals surface area (Å²) in [7, 11) is 2.90. The lowest BCUT2D eigenvalue weighted by Gasteiger charge is -2.09. The standard InChI is InChI=1S/C12H17N3O4/c1-6-19-11(17)7(2)13-9-8(3)14(4)12(18)15(5)10(9)16/h6H2,1-5H3. The van der Waals surface area contributed by atoms with E-state index in [1.54, 1.807) is 13.8 Å². The summed E-state index contributed by atoms with van der Waals surface area (Å²) in [6.07, 6.45) is 0. The first-order valence-corrected chi connectivity index (χ1v) is 5.80. The Bertz CT molecular complexity index is 652. The predicted molar refractivity (Wildman–Crippen MR) is 71.1 cm³/mol. The van der Waals surface area contributed by atoms with E-state index in [2.05, 4.69) is 4.99 Å². The van der Waals surface area contributed by atoms with Gasteiger partial charge in [-0.2, -0.15) is 0 Å². The molecule has 0 bridgehead atoms. The average molecular weight is 267 g/mol. The number of aliphatic imine (C=N–C) groups is 1. The molecule has 0 amide bonds. The van der Waals surface area contributed by atoms with Gasteiger partial charge >= 0.3 is 11.7 Å². The minimum absolute atomic E-state index is 0.0650. The summed E-state index contributed by atoms with van der Waals surface area (Å²) < 4.78 is 7.05. The number of hydrogen-bond acceptors (Lipinski definition) is 5. The van der Waals surface area contributed by atoms with Crippen LogP contribution in [0.3, 0.4) is 0 Å². The second-order valence-electron chi connectivity index (χ2n) is 4.06. The summed E-state index contributed by atoms with van der Waals surface area (Å²) in [5, 5.41) is 0. The van der Waals surface area contributed by atoms with Gasteiger partial charge < -0.3 is 4.74 Å². The molecule has 19 heavy (non-hydrogen) atoms. The summed E-state index contributed by atoms with van der Waals surface area (Å²) >= 11 is 0. The van der Waals surface area contributed by atoms with E-state index in [1.165, 1.54) is 25.6 Å². The smallest absolute Gasteiger partial charge is 0.352 e. The molecular formula is C12H17N3O4. The van der Waals surface area contributed by atoms with Crippen molar-refractivity contribution in [2.45, 2.75) is 20.8 Å². The van der Waals surface area contributed by atoms with Crippen molar-refractivity contribution in [3.63, 3.8) is 0 Å². The van der Waals surface area contributed by atoms with Gasteiger partial charge in [0.15, 0.2) is 0 Å². The van der Waals surface area contributed by atoms with E-state index < -0.39 is 17.2 Å². The number of rotatable bonds is 3. The topological polar surface area (TPSA) is 82.7 Å². The Morgan fingerprint density at radius 3 is 2.37 bits per heavy atom. The zero-order valence-electron chi connectivity index (χ0n) is 11.7. The molecule has 0 fully saturated rings. The first-order valence-electron chi connectivity index (χ1n) is 5.80. The molecule has 0 N–H and O–H groups in total. The molecule has 0 saturated heterocycles. The highest BCUT2D eigenvalue weighted by Gasteiger charge is 2.14. The molecule has 1 rings (SSSR count). The van der Waals surface area contributed by atoms with Crippen molar-refractivity contribution in [2.24, 2.45) is 19.1 Å². The maximum atomic E-state index is 12.0. The third-order valence-electron chi connectivity index (χ3n) is 2.78. The molecule has 0 aromatic carbocycles. The lowest BCUT2D eigenvalue weighted by atomic mass is 10.3. The summed E-state index contributed by atoms with van der Waals surface area (Å²) in [6.45, 7) is 4.97. The zero-order valence-corrected chi connectivity index (χ0v) is 11.7. The molecule has 0 radical (unpaired) electrons. The van der Waals surface area contributed by atoms with Gasteiger partial charge in [0.25, 0.3) is 5.56 Å². The van der Waals surface area contributed by atoms with Crippen molar-refractivity contribution in [1.82, 2.24) is 9.13 Å². The quantitative estimate of drug-likeness (QED) is 0.572. The monoisotopic (exact) mass is 267 g/mol. The Kier molecular flexibility index (Phi) is 4.42. The zero-order chi connectivity index (χ0) is 14.7. The van der Waals surface area contributed by atoms with Crippen molar-refractivity contribution in [2.75, 3.05) is 6.61 Å². The van der Waals surface area contributed by atoms with E-state index >= 15 is 0 Å². The van der Waals surface area contributed by atoms with Gasteiger partial charge in [0.05, 0.1) is 12.3 Å². The molecule has 7 heteroatoms. The summed E-state index contributed by atoms with van der Waals surface area (Å²) in [6, 6.07) is 0. The van der Waals surface area contributed by atoms with Crippen LogP contribution < -0.4 is 11.2 Å². The van der Waals surface area contributed by atoms with Crippen molar-refractivity contribution in [1.29, 1.82) is 0 Å². The average Bonchev–Trinajstić information content (AvgIpc) is 2.39. The molecule has 7 nitrogen and oxygen atoms in total. The molecule has 1 aromatic rings. The van der Waals surface area contributed by atoms with Crippen LogP contribution in [0.15, 0.2) is 14.6 Å². The van der Waals surface area contributed by atoms with Gasteiger partial charge in [-0.15, -0.1) is 0 Å². The number of carbonyl (C=O) groups excluding carboxylic acids is 1. The number of hydrogen-bond donors (Lipinski definition) is 0. The van der Waals surface area contributed by atoms with Gasteiger partial charge in [0, 0.05) is 14.1 Å². The van der Waals surface area contributed by atoms with E-state index in [9.17, 15) is 14.4 Å². The fourth-order valence-corrected chi connectivity index (χ4v) is 1.51. The number of carbonyl (C=O) groups is 1. The Hall–Kier alpha value is -2.18. The largest absolute Gasteiger partial charge is 0.462 e. The van der Waals surface area contributed by atoms with E-state index in [0.717, 1.165) is 4.57 Å². The van der Waals surface area contributed by atoms with E-state index in [1.807, 2.05) is 0 Å². The van der Waals surface area contributed by atoms with E-state index in [0.29, 0.717) is 5.69 Å². The van der Waals surface area contributed by atoms with Crippen molar-refractivity contribution < 1.29 is 9.53 Å². The highest BCUT2D eigenvalue weighted by molar-refractivity contribution is 6.36. The normalized spacial score (nSPS) is 11.5. The Morgan fingerprint density at radius 1 is 1.26 bits per heavy atom. The number of nitrogens with zero attached hydrogens (tertiary/aromatic N) is 3. The molecule has 104 valence electrons. The van der Waals surface area contributed by atoms with Gasteiger partial charge in [-0.25, -0.2) is 14.6 Å². The van der Waals surface area contributed by atoms with Crippen molar-refractivity contribution in [3.8, 4) is 0 Å². The van der Waals surface area contributed by atoms with Crippen LogP contribution in [0.2, 0.25) is 0 Å². The molecule has 1 aromatic heterocycles. The van der Waals surface area contributed by atoms with Crippen LogP contribution in [0.5, 0.6) is 0 Å². The summed E-state index contributed by atoms with van der Waals surface area (Å²) in [5.41, 5.74) is -0.438. The van der Waals surface area contributed by atoms with Crippen LogP contribution in [0, 0.1) is 6.92 Å². The molecule has 0 atom stereocenters. The number of esters is 1.